The van der Waals surface area contributed by atoms with Crippen LogP contribution in [0.3, 0.4) is 0 Å². The second kappa shape index (κ2) is 4.36. The Hall–Kier alpha value is -1.91. The van der Waals surface area contributed by atoms with E-state index in [-0.39, 0.29) is 12.3 Å². The van der Waals surface area contributed by atoms with Crippen molar-refractivity contribution in [1.29, 1.82) is 0 Å². The maximum absolute atomic E-state index is 10.5. The van der Waals surface area contributed by atoms with E-state index in [0.29, 0.717) is 5.69 Å². The Kier molecular flexibility index (Phi) is 3.17. The summed E-state index contributed by atoms with van der Waals surface area (Å²) in [7, 11) is 0. The molecule has 1 heterocycles. The molecule has 0 amide bonds. The van der Waals surface area contributed by atoms with Gasteiger partial charge in [0.1, 0.15) is 12.3 Å². The number of aromatic nitrogens is 1. The average Bonchev–Trinajstić information content (AvgIpc) is 2.15. The molecule has 14 heavy (non-hydrogen) atoms. The van der Waals surface area contributed by atoms with E-state index in [2.05, 4.69) is 9.72 Å². The Morgan fingerprint density at radius 1 is 1.50 bits per heavy atom. The normalized spacial score (nSPS) is 9.50. The second-order valence-corrected chi connectivity index (χ2v) is 2.60. The number of carbonyl (C=O) groups excluding carboxylic acids is 1. The molecule has 0 fully saturated rings. The van der Waals surface area contributed by atoms with Crippen LogP contribution in [0.2, 0.25) is 0 Å². The van der Waals surface area contributed by atoms with Crippen molar-refractivity contribution in [2.75, 3.05) is 0 Å². The Bertz CT molecular complexity index is 362. The third-order valence-electron chi connectivity index (χ3n) is 1.45. The SMILES string of the molecule is CC(=O)OCc1cccc(C(=O)O)n1. The van der Waals surface area contributed by atoms with E-state index < -0.39 is 11.9 Å². The van der Waals surface area contributed by atoms with Crippen LogP contribution in [0, 0.1) is 0 Å². The van der Waals surface area contributed by atoms with Crippen molar-refractivity contribution >= 4 is 11.9 Å². The molecule has 0 unspecified atom stereocenters. The summed E-state index contributed by atoms with van der Waals surface area (Å²) in [4.78, 5) is 24.8. The number of hydrogen-bond acceptors (Lipinski definition) is 4. The molecule has 0 aromatic carbocycles. The predicted octanol–water partition coefficient (Wildman–Crippen LogP) is 0.843. The van der Waals surface area contributed by atoms with E-state index in [1.165, 1.54) is 13.0 Å². The fourth-order valence-corrected chi connectivity index (χ4v) is 0.855. The van der Waals surface area contributed by atoms with Gasteiger partial charge in [0.05, 0.1) is 5.69 Å². The van der Waals surface area contributed by atoms with Crippen molar-refractivity contribution in [3.8, 4) is 0 Å². The van der Waals surface area contributed by atoms with Gasteiger partial charge in [-0.15, -0.1) is 0 Å². The lowest BCUT2D eigenvalue weighted by atomic mass is 10.3. The smallest absolute Gasteiger partial charge is 0.354 e. The van der Waals surface area contributed by atoms with Crippen LogP contribution in [0.1, 0.15) is 23.1 Å². The largest absolute Gasteiger partial charge is 0.477 e. The van der Waals surface area contributed by atoms with Crippen molar-refractivity contribution in [2.24, 2.45) is 0 Å². The van der Waals surface area contributed by atoms with Crippen LogP contribution in [0.15, 0.2) is 18.2 Å². The first-order valence-electron chi connectivity index (χ1n) is 3.92. The molecular weight excluding hydrogens is 186 g/mol. The molecule has 0 radical (unpaired) electrons. The maximum Gasteiger partial charge on any atom is 0.354 e. The molecule has 1 rings (SSSR count). The third-order valence-corrected chi connectivity index (χ3v) is 1.45. The molecule has 74 valence electrons. The van der Waals surface area contributed by atoms with Gasteiger partial charge in [-0.05, 0) is 12.1 Å². The van der Waals surface area contributed by atoms with E-state index in [1.807, 2.05) is 0 Å². The highest BCUT2D eigenvalue weighted by Gasteiger charge is 2.05. The summed E-state index contributed by atoms with van der Waals surface area (Å²) in [6.07, 6.45) is 0. The lowest BCUT2D eigenvalue weighted by Crippen LogP contribution is -2.05. The molecule has 1 N–H and O–H groups in total. The molecule has 1 aromatic rings. The molecule has 0 aliphatic heterocycles. The van der Waals surface area contributed by atoms with Gasteiger partial charge >= 0.3 is 11.9 Å². The summed E-state index contributed by atoms with van der Waals surface area (Å²) in [6, 6.07) is 4.52. The highest BCUT2D eigenvalue weighted by molar-refractivity contribution is 5.85. The zero-order valence-corrected chi connectivity index (χ0v) is 7.56. The van der Waals surface area contributed by atoms with Crippen molar-refractivity contribution in [3.05, 3.63) is 29.6 Å². The summed E-state index contributed by atoms with van der Waals surface area (Å²) >= 11 is 0. The molecule has 0 bridgehead atoms. The third kappa shape index (κ3) is 2.85. The van der Waals surface area contributed by atoms with Gasteiger partial charge in [0, 0.05) is 6.92 Å². The molecule has 0 spiro atoms. The fourth-order valence-electron chi connectivity index (χ4n) is 0.855. The number of nitrogens with zero attached hydrogens (tertiary/aromatic N) is 1. The van der Waals surface area contributed by atoms with Crippen LogP contribution in [-0.4, -0.2) is 22.0 Å². The van der Waals surface area contributed by atoms with E-state index in [4.69, 9.17) is 5.11 Å². The molecular formula is C9H9NO4. The molecule has 1 aromatic heterocycles. The van der Waals surface area contributed by atoms with Crippen molar-refractivity contribution in [1.82, 2.24) is 4.98 Å². The Labute approximate surface area is 80.3 Å². The van der Waals surface area contributed by atoms with E-state index in [1.54, 1.807) is 12.1 Å². The lowest BCUT2D eigenvalue weighted by Gasteiger charge is -2.01. The molecule has 0 atom stereocenters. The second-order valence-electron chi connectivity index (χ2n) is 2.60. The summed E-state index contributed by atoms with van der Waals surface area (Å²) in [5.41, 5.74) is 0.356. The molecule has 5 nitrogen and oxygen atoms in total. The number of carboxylic acid groups (broad SMARTS) is 1. The molecule has 0 saturated heterocycles. The first-order chi connectivity index (χ1) is 6.59. The van der Waals surface area contributed by atoms with Gasteiger partial charge in [-0.2, -0.15) is 0 Å². The van der Waals surface area contributed by atoms with Crippen molar-refractivity contribution < 1.29 is 19.4 Å². The van der Waals surface area contributed by atoms with Crippen LogP contribution < -0.4 is 0 Å². The fraction of sp³-hybridized carbons (Fsp3) is 0.222. The monoisotopic (exact) mass is 195 g/mol. The highest BCUT2D eigenvalue weighted by Crippen LogP contribution is 2.01. The molecule has 0 saturated carbocycles. The van der Waals surface area contributed by atoms with Crippen LogP contribution in [0.5, 0.6) is 0 Å². The zero-order chi connectivity index (χ0) is 10.6. The zero-order valence-electron chi connectivity index (χ0n) is 7.56. The number of ether oxygens (including phenoxy) is 1. The lowest BCUT2D eigenvalue weighted by molar-refractivity contribution is -0.142. The topological polar surface area (TPSA) is 76.5 Å². The quantitative estimate of drug-likeness (QED) is 0.723. The Morgan fingerprint density at radius 2 is 2.21 bits per heavy atom. The average molecular weight is 195 g/mol. The number of carboxylic acids is 1. The van der Waals surface area contributed by atoms with E-state index in [0.717, 1.165) is 0 Å². The summed E-state index contributed by atoms with van der Waals surface area (Å²) in [6.45, 7) is 1.28. The van der Waals surface area contributed by atoms with Crippen molar-refractivity contribution in [3.63, 3.8) is 0 Å². The minimum atomic E-state index is -1.10. The van der Waals surface area contributed by atoms with Gasteiger partial charge in [0.15, 0.2) is 0 Å². The van der Waals surface area contributed by atoms with Gasteiger partial charge in [-0.1, -0.05) is 6.07 Å². The number of pyridine rings is 1. The van der Waals surface area contributed by atoms with Crippen LogP contribution in [0.4, 0.5) is 0 Å². The molecule has 5 heteroatoms. The molecule has 0 aliphatic rings. The number of rotatable bonds is 3. The van der Waals surface area contributed by atoms with E-state index >= 15 is 0 Å². The minimum Gasteiger partial charge on any atom is -0.477 e. The predicted molar refractivity (Wildman–Crippen MR) is 46.7 cm³/mol. The Balaban J connectivity index is 2.73. The minimum absolute atomic E-state index is 0.00352. The maximum atomic E-state index is 10.5. The van der Waals surface area contributed by atoms with E-state index in [9.17, 15) is 9.59 Å². The van der Waals surface area contributed by atoms with Crippen molar-refractivity contribution in [2.45, 2.75) is 13.5 Å². The first kappa shape index (κ1) is 10.2. The van der Waals surface area contributed by atoms with Gasteiger partial charge in [-0.3, -0.25) is 4.79 Å². The van der Waals surface area contributed by atoms with Gasteiger partial charge < -0.3 is 9.84 Å². The summed E-state index contributed by atoms with van der Waals surface area (Å²) < 4.78 is 4.67. The molecule has 0 aliphatic carbocycles. The number of hydrogen-bond donors (Lipinski definition) is 1. The van der Waals surface area contributed by atoms with Gasteiger partial charge in [-0.25, -0.2) is 9.78 Å². The number of esters is 1. The highest BCUT2D eigenvalue weighted by atomic mass is 16.5. The number of carbonyl (C=O) groups is 2. The summed E-state index contributed by atoms with van der Waals surface area (Å²) in [5, 5.41) is 8.62. The summed E-state index contributed by atoms with van der Waals surface area (Å²) in [5.74, 6) is -1.53. The first-order valence-corrected chi connectivity index (χ1v) is 3.92. The van der Waals surface area contributed by atoms with Gasteiger partial charge in [0.2, 0.25) is 0 Å². The number of aromatic carboxylic acids is 1. The van der Waals surface area contributed by atoms with Crippen LogP contribution >= 0.6 is 0 Å². The standard InChI is InChI=1S/C9H9NO4/c1-6(11)14-5-7-3-2-4-8(10-7)9(12)13/h2-4H,5H2,1H3,(H,12,13). The van der Waals surface area contributed by atoms with Crippen LogP contribution in [0.25, 0.3) is 0 Å². The Morgan fingerprint density at radius 3 is 2.79 bits per heavy atom. The van der Waals surface area contributed by atoms with Gasteiger partial charge in [0.25, 0.3) is 0 Å². The van der Waals surface area contributed by atoms with Crippen LogP contribution in [-0.2, 0) is 16.1 Å².